The van der Waals surface area contributed by atoms with Gasteiger partial charge in [0.1, 0.15) is 0 Å². The molecule has 1 aliphatic heterocycles. The number of carboxylic acid groups (broad SMARTS) is 1. The number of nitrogens with zero attached hydrogens (tertiary/aromatic N) is 1. The molecular formula is C14H14F3NO4. The fourth-order valence-corrected chi connectivity index (χ4v) is 2.34. The van der Waals surface area contributed by atoms with Crippen LogP contribution < -0.4 is 0 Å². The number of halogens is 3. The van der Waals surface area contributed by atoms with Crippen LogP contribution in [0.1, 0.15) is 22.8 Å². The van der Waals surface area contributed by atoms with Gasteiger partial charge in [-0.25, -0.2) is 4.79 Å². The summed E-state index contributed by atoms with van der Waals surface area (Å²) in [5, 5.41) is 8.97. The van der Waals surface area contributed by atoms with Crippen molar-refractivity contribution < 1.29 is 32.6 Å². The summed E-state index contributed by atoms with van der Waals surface area (Å²) in [6, 6.07) is 4.44. The van der Waals surface area contributed by atoms with Crippen molar-refractivity contribution in [3.63, 3.8) is 0 Å². The summed E-state index contributed by atoms with van der Waals surface area (Å²) in [6.45, 7) is 1.31. The number of carbonyl (C=O) groups excluding carboxylic acids is 1. The zero-order chi connectivity index (χ0) is 16.5. The zero-order valence-corrected chi connectivity index (χ0v) is 11.6. The summed E-state index contributed by atoms with van der Waals surface area (Å²) in [4.78, 5) is 24.4. The van der Waals surface area contributed by atoms with Gasteiger partial charge in [-0.15, -0.1) is 0 Å². The van der Waals surface area contributed by atoms with Crippen LogP contribution in [0.4, 0.5) is 13.2 Å². The van der Waals surface area contributed by atoms with E-state index in [1.165, 1.54) is 12.1 Å². The summed E-state index contributed by atoms with van der Waals surface area (Å²) >= 11 is 0. The molecule has 0 aromatic heterocycles. The Labute approximate surface area is 124 Å². The summed E-state index contributed by atoms with van der Waals surface area (Å²) < 4.78 is 44.0. The van der Waals surface area contributed by atoms with Crippen molar-refractivity contribution in [2.24, 2.45) is 0 Å². The summed E-state index contributed by atoms with van der Waals surface area (Å²) in [5.74, 6) is -2.11. The topological polar surface area (TPSA) is 66.8 Å². The van der Waals surface area contributed by atoms with Gasteiger partial charge in [-0.2, -0.15) is 13.2 Å². The number of hydrogen-bond donors (Lipinski definition) is 1. The molecule has 0 aliphatic carbocycles. The highest BCUT2D eigenvalue weighted by Crippen LogP contribution is 2.32. The Morgan fingerprint density at radius 1 is 1.27 bits per heavy atom. The normalized spacial score (nSPS) is 22.5. The number of alkyl halides is 3. The van der Waals surface area contributed by atoms with Gasteiger partial charge in [0, 0.05) is 6.54 Å². The first-order valence-electron chi connectivity index (χ1n) is 6.54. The molecule has 1 heterocycles. The average molecular weight is 317 g/mol. The Morgan fingerprint density at radius 2 is 1.91 bits per heavy atom. The number of ether oxygens (including phenoxy) is 1. The van der Waals surface area contributed by atoms with Crippen LogP contribution in [-0.4, -0.2) is 47.2 Å². The highest BCUT2D eigenvalue weighted by Gasteiger charge is 2.38. The van der Waals surface area contributed by atoms with E-state index < -0.39 is 41.4 Å². The van der Waals surface area contributed by atoms with Gasteiger partial charge < -0.3 is 14.7 Å². The molecule has 0 saturated carbocycles. The van der Waals surface area contributed by atoms with Gasteiger partial charge >= 0.3 is 12.1 Å². The van der Waals surface area contributed by atoms with Crippen molar-refractivity contribution in [1.29, 1.82) is 0 Å². The number of morpholine rings is 1. The third-order valence-electron chi connectivity index (χ3n) is 3.29. The number of carboxylic acids is 1. The van der Waals surface area contributed by atoms with E-state index in [1.54, 1.807) is 6.92 Å². The largest absolute Gasteiger partial charge is 0.479 e. The number of carbonyl (C=O) groups is 2. The van der Waals surface area contributed by atoms with E-state index in [0.29, 0.717) is 0 Å². The molecular weight excluding hydrogens is 303 g/mol. The summed E-state index contributed by atoms with van der Waals surface area (Å²) in [7, 11) is 0. The molecule has 0 spiro atoms. The number of benzene rings is 1. The Bertz CT molecular complexity index is 588. The Balaban J connectivity index is 2.30. The van der Waals surface area contributed by atoms with Crippen molar-refractivity contribution in [3.05, 3.63) is 35.4 Å². The smallest absolute Gasteiger partial charge is 0.417 e. The lowest BCUT2D eigenvalue weighted by Crippen LogP contribution is -2.52. The average Bonchev–Trinajstić information content (AvgIpc) is 2.45. The number of rotatable bonds is 2. The SMILES string of the molecule is C[C@@H]1CN(C(=O)c2ccccc2C(F)(F)F)CC(C(=O)O)O1. The molecule has 1 amide bonds. The van der Waals surface area contributed by atoms with E-state index in [-0.39, 0.29) is 13.1 Å². The van der Waals surface area contributed by atoms with Gasteiger partial charge in [0.05, 0.1) is 23.8 Å². The van der Waals surface area contributed by atoms with Gasteiger partial charge in [0.25, 0.3) is 5.91 Å². The molecule has 0 radical (unpaired) electrons. The van der Waals surface area contributed by atoms with E-state index in [1.807, 2.05) is 0 Å². The van der Waals surface area contributed by atoms with Crippen LogP contribution in [0.3, 0.4) is 0 Å². The van der Waals surface area contributed by atoms with Crippen molar-refractivity contribution in [1.82, 2.24) is 4.90 Å². The van der Waals surface area contributed by atoms with Gasteiger partial charge in [-0.1, -0.05) is 12.1 Å². The number of aliphatic carboxylic acids is 1. The van der Waals surface area contributed by atoms with Gasteiger partial charge in [0.15, 0.2) is 6.10 Å². The molecule has 22 heavy (non-hydrogen) atoms. The molecule has 8 heteroatoms. The lowest BCUT2D eigenvalue weighted by molar-refractivity contribution is -0.160. The molecule has 1 N–H and O–H groups in total. The minimum absolute atomic E-state index is 0.0365. The molecule has 120 valence electrons. The van der Waals surface area contributed by atoms with Crippen molar-refractivity contribution in [2.75, 3.05) is 13.1 Å². The minimum atomic E-state index is -4.66. The maximum atomic E-state index is 13.0. The lowest BCUT2D eigenvalue weighted by Gasteiger charge is -2.35. The molecule has 1 saturated heterocycles. The van der Waals surface area contributed by atoms with Crippen molar-refractivity contribution in [3.8, 4) is 0 Å². The molecule has 5 nitrogen and oxygen atoms in total. The van der Waals surface area contributed by atoms with Crippen LogP contribution in [0.5, 0.6) is 0 Å². The maximum Gasteiger partial charge on any atom is 0.417 e. The third kappa shape index (κ3) is 3.38. The van der Waals surface area contributed by atoms with Crippen molar-refractivity contribution in [2.45, 2.75) is 25.3 Å². The van der Waals surface area contributed by atoms with Crippen molar-refractivity contribution >= 4 is 11.9 Å². The predicted octanol–water partition coefficient (Wildman–Crippen LogP) is 2.02. The van der Waals surface area contributed by atoms with E-state index >= 15 is 0 Å². The fourth-order valence-electron chi connectivity index (χ4n) is 2.34. The quantitative estimate of drug-likeness (QED) is 0.906. The molecule has 1 fully saturated rings. The van der Waals surface area contributed by atoms with Gasteiger partial charge in [-0.05, 0) is 19.1 Å². The molecule has 1 aliphatic rings. The highest BCUT2D eigenvalue weighted by molar-refractivity contribution is 5.96. The molecule has 1 aromatic rings. The molecule has 2 rings (SSSR count). The fraction of sp³-hybridized carbons (Fsp3) is 0.429. The summed E-state index contributed by atoms with van der Waals surface area (Å²) in [6.07, 6.45) is -6.47. The second-order valence-corrected chi connectivity index (χ2v) is 5.03. The van der Waals surface area contributed by atoms with Crippen LogP contribution in [0.25, 0.3) is 0 Å². The minimum Gasteiger partial charge on any atom is -0.479 e. The van der Waals surface area contributed by atoms with E-state index in [9.17, 15) is 22.8 Å². The first-order chi connectivity index (χ1) is 10.2. The number of amides is 1. The molecule has 0 bridgehead atoms. The molecule has 1 unspecified atom stereocenters. The van der Waals surface area contributed by atoms with Crippen LogP contribution in [0.2, 0.25) is 0 Å². The van der Waals surface area contributed by atoms with Crippen LogP contribution in [0.15, 0.2) is 24.3 Å². The molecule has 1 aromatic carbocycles. The van der Waals surface area contributed by atoms with E-state index in [4.69, 9.17) is 9.84 Å². The Kier molecular flexibility index (Phi) is 4.41. The van der Waals surface area contributed by atoms with Crippen LogP contribution in [0, 0.1) is 0 Å². The lowest BCUT2D eigenvalue weighted by atomic mass is 10.0. The molecule has 2 atom stereocenters. The monoisotopic (exact) mass is 317 g/mol. The Morgan fingerprint density at radius 3 is 2.50 bits per heavy atom. The van der Waals surface area contributed by atoms with Gasteiger partial charge in [-0.3, -0.25) is 4.79 Å². The highest BCUT2D eigenvalue weighted by atomic mass is 19.4. The Hall–Kier alpha value is -2.09. The van der Waals surface area contributed by atoms with E-state index in [2.05, 4.69) is 0 Å². The third-order valence-corrected chi connectivity index (χ3v) is 3.29. The second kappa shape index (κ2) is 5.96. The number of hydrogen-bond acceptors (Lipinski definition) is 3. The second-order valence-electron chi connectivity index (χ2n) is 5.03. The van der Waals surface area contributed by atoms with Crippen LogP contribution >= 0.6 is 0 Å². The zero-order valence-electron chi connectivity index (χ0n) is 11.6. The van der Waals surface area contributed by atoms with Gasteiger partial charge in [0.2, 0.25) is 0 Å². The standard InChI is InChI=1S/C14H14F3NO4/c1-8-6-18(7-11(22-8)13(20)21)12(19)9-4-2-3-5-10(9)14(15,16)17/h2-5,8,11H,6-7H2,1H3,(H,20,21)/t8-,11?/m1/s1. The maximum absolute atomic E-state index is 13.0. The first-order valence-corrected chi connectivity index (χ1v) is 6.54. The van der Waals surface area contributed by atoms with Crippen LogP contribution in [-0.2, 0) is 15.7 Å². The van der Waals surface area contributed by atoms with E-state index in [0.717, 1.165) is 17.0 Å². The first kappa shape index (κ1) is 16.3. The summed E-state index contributed by atoms with van der Waals surface area (Å²) in [5.41, 5.74) is -1.53. The predicted molar refractivity (Wildman–Crippen MR) is 69.3 cm³/mol.